The molecule has 6 nitrogen and oxygen atoms in total. The number of rotatable bonds is 4. The zero-order chi connectivity index (χ0) is 20.4. The fourth-order valence-corrected chi connectivity index (χ4v) is 4.46. The molecule has 1 aromatic carbocycles. The number of likely N-dealkylation sites (tertiary alicyclic amines) is 1. The van der Waals surface area contributed by atoms with Gasteiger partial charge in [0.25, 0.3) is 5.91 Å². The first-order valence-corrected chi connectivity index (χ1v) is 10.7. The molecule has 150 valence electrons. The number of carbonyl (C=O) groups is 2. The van der Waals surface area contributed by atoms with Crippen LogP contribution >= 0.6 is 11.3 Å². The average Bonchev–Trinajstić information content (AvgIpc) is 3.38. The second-order valence-electron chi connectivity index (χ2n) is 7.33. The topological polar surface area (TPSA) is 67.2 Å². The molecule has 0 bridgehead atoms. The largest absolute Gasteiger partial charge is 0.338 e. The summed E-state index contributed by atoms with van der Waals surface area (Å²) in [6.45, 7) is 5.08. The molecule has 4 rings (SSSR count). The molecule has 2 amide bonds. The van der Waals surface area contributed by atoms with Gasteiger partial charge in [0.2, 0.25) is 5.91 Å². The van der Waals surface area contributed by atoms with Crippen LogP contribution in [0.5, 0.6) is 0 Å². The Balaban J connectivity index is 1.41. The molecule has 3 heterocycles. The Bertz CT molecular complexity index is 1000. The van der Waals surface area contributed by atoms with Crippen LogP contribution in [0, 0.1) is 19.8 Å². The first kappa shape index (κ1) is 19.4. The molecule has 1 N–H and O–H groups in total. The van der Waals surface area contributed by atoms with E-state index >= 15 is 0 Å². The summed E-state index contributed by atoms with van der Waals surface area (Å²) in [6, 6.07) is 13.6. The number of piperidine rings is 1. The lowest BCUT2D eigenvalue weighted by atomic mass is 9.95. The van der Waals surface area contributed by atoms with Crippen LogP contribution in [0.4, 0.5) is 5.69 Å². The molecule has 1 aliphatic heterocycles. The number of anilines is 1. The number of nitrogens with zero attached hydrogens (tertiary/aromatic N) is 3. The number of hydrogen-bond acceptors (Lipinski definition) is 4. The maximum atomic E-state index is 12.9. The summed E-state index contributed by atoms with van der Waals surface area (Å²) in [5.74, 6) is -0.0250. The molecule has 0 aliphatic carbocycles. The number of aromatic nitrogens is 2. The van der Waals surface area contributed by atoms with Gasteiger partial charge in [-0.15, -0.1) is 11.3 Å². The molecule has 0 spiro atoms. The van der Waals surface area contributed by atoms with Gasteiger partial charge in [-0.25, -0.2) is 4.68 Å². The molecule has 0 unspecified atom stereocenters. The van der Waals surface area contributed by atoms with Crippen molar-refractivity contribution in [2.24, 2.45) is 5.92 Å². The number of carbonyl (C=O) groups excluding carboxylic acids is 2. The van der Waals surface area contributed by atoms with Crippen LogP contribution in [-0.4, -0.2) is 39.6 Å². The van der Waals surface area contributed by atoms with Gasteiger partial charge in [0.15, 0.2) is 0 Å². The van der Waals surface area contributed by atoms with Crippen molar-refractivity contribution in [3.05, 3.63) is 64.1 Å². The van der Waals surface area contributed by atoms with Crippen LogP contribution in [0.25, 0.3) is 5.69 Å². The predicted octanol–water partition coefficient (Wildman–Crippen LogP) is 4.04. The standard InChI is InChI=1S/C22H24N4O2S/c1-15-20(16(2)26(24-15)18-7-4-3-5-8-18)23-21(27)17-10-12-25(13-11-17)22(28)19-9-6-14-29-19/h3-9,14,17H,10-13H2,1-2H3,(H,23,27). The van der Waals surface area contributed by atoms with Crippen molar-refractivity contribution in [3.8, 4) is 5.69 Å². The van der Waals surface area contributed by atoms with E-state index < -0.39 is 0 Å². The Morgan fingerprint density at radius 3 is 2.45 bits per heavy atom. The normalized spacial score (nSPS) is 14.8. The van der Waals surface area contributed by atoms with Crippen LogP contribution < -0.4 is 5.32 Å². The number of hydrogen-bond donors (Lipinski definition) is 1. The third-order valence-corrected chi connectivity index (χ3v) is 6.28. The minimum Gasteiger partial charge on any atom is -0.338 e. The second kappa shape index (κ2) is 8.21. The molecule has 0 radical (unpaired) electrons. The summed E-state index contributed by atoms with van der Waals surface area (Å²) in [7, 11) is 0. The van der Waals surface area contributed by atoms with Crippen molar-refractivity contribution >= 4 is 28.8 Å². The van der Waals surface area contributed by atoms with E-state index in [-0.39, 0.29) is 17.7 Å². The highest BCUT2D eigenvalue weighted by atomic mass is 32.1. The smallest absolute Gasteiger partial charge is 0.263 e. The van der Waals surface area contributed by atoms with Gasteiger partial charge in [-0.2, -0.15) is 5.10 Å². The Morgan fingerprint density at radius 2 is 1.79 bits per heavy atom. The number of aryl methyl sites for hydroxylation is 1. The predicted molar refractivity (Wildman–Crippen MR) is 115 cm³/mol. The molecule has 29 heavy (non-hydrogen) atoms. The minimum atomic E-state index is -0.0961. The lowest BCUT2D eigenvalue weighted by Crippen LogP contribution is -2.41. The van der Waals surface area contributed by atoms with Crippen LogP contribution in [0.1, 0.15) is 33.9 Å². The minimum absolute atomic E-state index is 0.00651. The maximum absolute atomic E-state index is 12.9. The van der Waals surface area contributed by atoms with E-state index in [9.17, 15) is 9.59 Å². The summed E-state index contributed by atoms with van der Waals surface area (Å²) in [6.07, 6.45) is 1.35. The summed E-state index contributed by atoms with van der Waals surface area (Å²) in [4.78, 5) is 28.0. The zero-order valence-corrected chi connectivity index (χ0v) is 17.4. The number of nitrogens with one attached hydrogen (secondary N) is 1. The maximum Gasteiger partial charge on any atom is 0.263 e. The third kappa shape index (κ3) is 3.96. The monoisotopic (exact) mass is 408 g/mol. The van der Waals surface area contributed by atoms with Gasteiger partial charge in [-0.1, -0.05) is 24.3 Å². The van der Waals surface area contributed by atoms with E-state index in [0.29, 0.717) is 25.9 Å². The number of amides is 2. The van der Waals surface area contributed by atoms with Crippen molar-refractivity contribution in [2.45, 2.75) is 26.7 Å². The van der Waals surface area contributed by atoms with E-state index in [2.05, 4.69) is 10.4 Å². The summed E-state index contributed by atoms with van der Waals surface area (Å²) in [5, 5.41) is 9.59. The Morgan fingerprint density at radius 1 is 1.07 bits per heavy atom. The number of thiophene rings is 1. The van der Waals surface area contributed by atoms with E-state index in [4.69, 9.17) is 0 Å². The van der Waals surface area contributed by atoms with E-state index in [1.807, 2.05) is 71.3 Å². The lowest BCUT2D eigenvalue weighted by Gasteiger charge is -2.31. The zero-order valence-electron chi connectivity index (χ0n) is 16.6. The highest BCUT2D eigenvalue weighted by Gasteiger charge is 2.29. The summed E-state index contributed by atoms with van der Waals surface area (Å²) >= 11 is 1.46. The molecular weight excluding hydrogens is 384 g/mol. The highest BCUT2D eigenvalue weighted by molar-refractivity contribution is 7.12. The fourth-order valence-electron chi connectivity index (χ4n) is 3.77. The second-order valence-corrected chi connectivity index (χ2v) is 8.27. The van der Waals surface area contributed by atoms with E-state index in [1.165, 1.54) is 11.3 Å². The van der Waals surface area contributed by atoms with Gasteiger partial charge < -0.3 is 10.2 Å². The van der Waals surface area contributed by atoms with Crippen LogP contribution in [0.3, 0.4) is 0 Å². The lowest BCUT2D eigenvalue weighted by molar-refractivity contribution is -0.121. The molecule has 2 aromatic heterocycles. The van der Waals surface area contributed by atoms with Crippen molar-refractivity contribution in [1.29, 1.82) is 0 Å². The molecule has 7 heteroatoms. The molecular formula is C22H24N4O2S. The van der Waals surface area contributed by atoms with Crippen LogP contribution in [-0.2, 0) is 4.79 Å². The Labute approximate surface area is 174 Å². The quantitative estimate of drug-likeness (QED) is 0.708. The van der Waals surface area contributed by atoms with Gasteiger partial charge in [-0.3, -0.25) is 9.59 Å². The first-order valence-electron chi connectivity index (χ1n) is 9.80. The Kier molecular flexibility index (Phi) is 5.49. The summed E-state index contributed by atoms with van der Waals surface area (Å²) < 4.78 is 1.85. The first-order chi connectivity index (χ1) is 14.0. The van der Waals surface area contributed by atoms with Crippen molar-refractivity contribution < 1.29 is 9.59 Å². The van der Waals surface area contributed by atoms with Gasteiger partial charge in [-0.05, 0) is 50.3 Å². The molecule has 1 fully saturated rings. The SMILES string of the molecule is Cc1nn(-c2ccccc2)c(C)c1NC(=O)C1CCN(C(=O)c2cccs2)CC1. The summed E-state index contributed by atoms with van der Waals surface area (Å²) in [5.41, 5.74) is 3.45. The van der Waals surface area contributed by atoms with Crippen LogP contribution in [0.2, 0.25) is 0 Å². The molecule has 3 aromatic rings. The van der Waals surface area contributed by atoms with Crippen molar-refractivity contribution in [1.82, 2.24) is 14.7 Å². The molecule has 1 saturated heterocycles. The fraction of sp³-hybridized carbons (Fsp3) is 0.318. The Hall–Kier alpha value is -2.93. The number of benzene rings is 1. The van der Waals surface area contributed by atoms with Gasteiger partial charge in [0, 0.05) is 19.0 Å². The van der Waals surface area contributed by atoms with E-state index in [1.54, 1.807) is 0 Å². The van der Waals surface area contributed by atoms with Crippen LogP contribution in [0.15, 0.2) is 47.8 Å². The van der Waals surface area contributed by atoms with E-state index in [0.717, 1.165) is 27.6 Å². The van der Waals surface area contributed by atoms with Gasteiger partial charge in [0.05, 0.1) is 27.6 Å². The highest BCUT2D eigenvalue weighted by Crippen LogP contribution is 2.26. The van der Waals surface area contributed by atoms with Crippen molar-refractivity contribution in [3.63, 3.8) is 0 Å². The molecule has 1 aliphatic rings. The van der Waals surface area contributed by atoms with Gasteiger partial charge >= 0.3 is 0 Å². The molecule has 0 saturated carbocycles. The van der Waals surface area contributed by atoms with Crippen molar-refractivity contribution in [2.75, 3.05) is 18.4 Å². The third-order valence-electron chi connectivity index (χ3n) is 5.43. The molecule has 0 atom stereocenters. The van der Waals surface area contributed by atoms with Gasteiger partial charge in [0.1, 0.15) is 0 Å². The number of para-hydroxylation sites is 1. The average molecular weight is 409 g/mol.